The molecule has 1 aliphatic rings. The summed E-state index contributed by atoms with van der Waals surface area (Å²) < 4.78 is 19.0. The van der Waals surface area contributed by atoms with Crippen LogP contribution in [0.5, 0.6) is 5.75 Å². The van der Waals surface area contributed by atoms with E-state index in [9.17, 15) is 9.18 Å². The van der Waals surface area contributed by atoms with Gasteiger partial charge in [0.2, 0.25) is 0 Å². The molecule has 3 aromatic carbocycles. The van der Waals surface area contributed by atoms with E-state index in [1.54, 1.807) is 23.1 Å². The maximum atomic E-state index is 13.4. The lowest BCUT2D eigenvalue weighted by atomic mass is 10.2. The number of H-pyrrole nitrogens is 1. The molecule has 1 aliphatic heterocycles. The first-order valence-corrected chi connectivity index (χ1v) is 9.44. The molecule has 5 rings (SSSR count). The lowest BCUT2D eigenvalue weighted by Crippen LogP contribution is -2.33. The van der Waals surface area contributed by atoms with Crippen LogP contribution in [-0.4, -0.2) is 29.0 Å². The fourth-order valence-corrected chi connectivity index (χ4v) is 3.65. The van der Waals surface area contributed by atoms with E-state index < -0.39 is 0 Å². The molecule has 5 nitrogen and oxygen atoms in total. The monoisotopic (exact) mass is 387 g/mol. The van der Waals surface area contributed by atoms with E-state index in [-0.39, 0.29) is 18.3 Å². The number of imidazole rings is 1. The van der Waals surface area contributed by atoms with Crippen LogP contribution in [-0.2, 0) is 11.2 Å². The molecular formula is C23H18FN3O2. The van der Waals surface area contributed by atoms with Crippen molar-refractivity contribution in [1.29, 1.82) is 0 Å². The summed E-state index contributed by atoms with van der Waals surface area (Å²) in [7, 11) is 0. The highest BCUT2D eigenvalue weighted by Crippen LogP contribution is 2.28. The third-order valence-corrected chi connectivity index (χ3v) is 5.12. The van der Waals surface area contributed by atoms with Gasteiger partial charge in [-0.15, -0.1) is 0 Å². The first-order chi connectivity index (χ1) is 14.2. The maximum absolute atomic E-state index is 13.4. The van der Waals surface area contributed by atoms with Gasteiger partial charge >= 0.3 is 0 Å². The molecule has 0 aliphatic carbocycles. The number of anilines is 1. The molecule has 144 valence electrons. The minimum Gasteiger partial charge on any atom is -0.484 e. The fourth-order valence-electron chi connectivity index (χ4n) is 3.65. The van der Waals surface area contributed by atoms with Gasteiger partial charge in [0.25, 0.3) is 5.91 Å². The van der Waals surface area contributed by atoms with Crippen LogP contribution in [0.4, 0.5) is 10.1 Å². The molecule has 0 spiro atoms. The molecule has 1 amide bonds. The third kappa shape index (κ3) is 3.33. The van der Waals surface area contributed by atoms with Gasteiger partial charge in [-0.25, -0.2) is 9.37 Å². The number of fused-ring (bicyclic) bond motifs is 2. The molecule has 0 unspecified atom stereocenters. The number of amides is 1. The Kier molecular flexibility index (Phi) is 4.24. The van der Waals surface area contributed by atoms with Crippen LogP contribution in [0.25, 0.3) is 22.4 Å². The Bertz CT molecular complexity index is 1200. The number of nitrogens with zero attached hydrogens (tertiary/aromatic N) is 2. The smallest absolute Gasteiger partial charge is 0.264 e. The van der Waals surface area contributed by atoms with E-state index in [2.05, 4.69) is 16.0 Å². The van der Waals surface area contributed by atoms with Gasteiger partial charge in [0, 0.05) is 17.8 Å². The average Bonchev–Trinajstić information content (AvgIpc) is 3.36. The van der Waals surface area contributed by atoms with Gasteiger partial charge in [-0.1, -0.05) is 18.2 Å². The summed E-state index contributed by atoms with van der Waals surface area (Å²) in [5.74, 6) is 0.902. The van der Waals surface area contributed by atoms with Crippen molar-refractivity contribution in [1.82, 2.24) is 9.97 Å². The zero-order valence-electron chi connectivity index (χ0n) is 15.6. The standard InChI is InChI=1S/C23H18FN3O2/c24-17-7-10-19-20(13-17)26-23(25-19)16-5-8-18(9-6-16)29-14-22(28)27-12-11-15-3-1-2-4-21(15)27/h1-10,13H,11-12,14H2,(H,25,26). The van der Waals surface area contributed by atoms with Crippen LogP contribution in [0.1, 0.15) is 5.56 Å². The largest absolute Gasteiger partial charge is 0.484 e. The highest BCUT2D eigenvalue weighted by Gasteiger charge is 2.24. The molecular weight excluding hydrogens is 369 g/mol. The fraction of sp³-hybridized carbons (Fsp3) is 0.130. The van der Waals surface area contributed by atoms with Crippen molar-refractivity contribution >= 4 is 22.6 Å². The van der Waals surface area contributed by atoms with E-state index >= 15 is 0 Å². The van der Waals surface area contributed by atoms with Crippen molar-refractivity contribution in [2.24, 2.45) is 0 Å². The number of aromatic amines is 1. The van der Waals surface area contributed by atoms with Gasteiger partial charge in [-0.2, -0.15) is 0 Å². The second-order valence-corrected chi connectivity index (χ2v) is 6.98. The number of para-hydroxylation sites is 1. The van der Waals surface area contributed by atoms with Crippen molar-refractivity contribution in [3.63, 3.8) is 0 Å². The number of nitrogens with one attached hydrogen (secondary N) is 1. The highest BCUT2D eigenvalue weighted by molar-refractivity contribution is 5.96. The third-order valence-electron chi connectivity index (χ3n) is 5.12. The Morgan fingerprint density at radius 3 is 2.79 bits per heavy atom. The van der Waals surface area contributed by atoms with Crippen molar-refractivity contribution in [3.8, 4) is 17.1 Å². The van der Waals surface area contributed by atoms with Crippen LogP contribution in [0.2, 0.25) is 0 Å². The second-order valence-electron chi connectivity index (χ2n) is 6.98. The van der Waals surface area contributed by atoms with Gasteiger partial charge in [-0.3, -0.25) is 4.79 Å². The SMILES string of the molecule is O=C(COc1ccc(-c2nc3ccc(F)cc3[nH]2)cc1)N1CCc2ccccc21. The van der Waals surface area contributed by atoms with Crippen LogP contribution in [0, 0.1) is 5.82 Å². The zero-order valence-corrected chi connectivity index (χ0v) is 15.6. The quantitative estimate of drug-likeness (QED) is 0.567. The summed E-state index contributed by atoms with van der Waals surface area (Å²) in [5.41, 5.74) is 4.37. The Hall–Kier alpha value is -3.67. The highest BCUT2D eigenvalue weighted by atomic mass is 19.1. The van der Waals surface area contributed by atoms with Crippen molar-refractivity contribution in [3.05, 3.63) is 78.1 Å². The number of rotatable bonds is 4. The number of halogens is 1. The zero-order chi connectivity index (χ0) is 19.8. The summed E-state index contributed by atoms with van der Waals surface area (Å²) in [6.07, 6.45) is 0.873. The molecule has 0 atom stereocenters. The number of benzene rings is 3. The minimum atomic E-state index is -0.304. The number of aromatic nitrogens is 2. The van der Waals surface area contributed by atoms with Crippen molar-refractivity contribution in [2.45, 2.75) is 6.42 Å². The minimum absolute atomic E-state index is 0.0163. The van der Waals surface area contributed by atoms with Gasteiger partial charge in [0.15, 0.2) is 6.61 Å². The van der Waals surface area contributed by atoms with Gasteiger partial charge in [0.05, 0.1) is 11.0 Å². The number of hydrogen-bond acceptors (Lipinski definition) is 3. The lowest BCUT2D eigenvalue weighted by molar-refractivity contribution is -0.120. The summed E-state index contributed by atoms with van der Waals surface area (Å²) in [6.45, 7) is 0.671. The molecule has 0 bridgehead atoms. The van der Waals surface area contributed by atoms with Crippen molar-refractivity contribution in [2.75, 3.05) is 18.1 Å². The van der Waals surface area contributed by atoms with E-state index in [4.69, 9.17) is 4.74 Å². The van der Waals surface area contributed by atoms with E-state index in [0.717, 1.165) is 17.7 Å². The predicted molar refractivity (Wildman–Crippen MR) is 109 cm³/mol. The van der Waals surface area contributed by atoms with Crippen molar-refractivity contribution < 1.29 is 13.9 Å². The molecule has 0 radical (unpaired) electrons. The maximum Gasteiger partial charge on any atom is 0.264 e. The molecule has 6 heteroatoms. The topological polar surface area (TPSA) is 58.2 Å². The Morgan fingerprint density at radius 2 is 1.93 bits per heavy atom. The summed E-state index contributed by atoms with van der Waals surface area (Å²) >= 11 is 0. The normalized spacial score (nSPS) is 12.9. The molecule has 4 aromatic rings. The van der Waals surface area contributed by atoms with Gasteiger partial charge in [-0.05, 0) is 60.5 Å². The predicted octanol–water partition coefficient (Wildman–Crippen LogP) is 4.34. The molecule has 2 heterocycles. The van der Waals surface area contributed by atoms with Gasteiger partial charge in [0.1, 0.15) is 17.4 Å². The Labute approximate surface area is 166 Å². The summed E-state index contributed by atoms with van der Waals surface area (Å²) in [4.78, 5) is 21.9. The van der Waals surface area contributed by atoms with E-state index in [1.807, 2.05) is 30.3 Å². The number of carbonyl (C=O) groups excluding carboxylic acids is 1. The summed E-state index contributed by atoms with van der Waals surface area (Å²) in [5, 5.41) is 0. The van der Waals surface area contributed by atoms with Gasteiger partial charge < -0.3 is 14.6 Å². The Balaban J connectivity index is 1.26. The van der Waals surface area contributed by atoms with E-state index in [0.29, 0.717) is 29.2 Å². The number of carbonyl (C=O) groups is 1. The first-order valence-electron chi connectivity index (χ1n) is 9.44. The molecule has 0 fully saturated rings. The first kappa shape index (κ1) is 17.4. The average molecular weight is 387 g/mol. The second kappa shape index (κ2) is 7.05. The molecule has 1 aromatic heterocycles. The van der Waals surface area contributed by atoms with Crippen LogP contribution < -0.4 is 9.64 Å². The lowest BCUT2D eigenvalue weighted by Gasteiger charge is -2.17. The van der Waals surface area contributed by atoms with Crippen LogP contribution in [0.15, 0.2) is 66.7 Å². The summed E-state index contributed by atoms with van der Waals surface area (Å²) in [6, 6.07) is 19.7. The number of ether oxygens (including phenoxy) is 1. The molecule has 1 N–H and O–H groups in total. The molecule has 0 saturated heterocycles. The molecule has 29 heavy (non-hydrogen) atoms. The number of hydrogen-bond donors (Lipinski definition) is 1. The van der Waals surface area contributed by atoms with Crippen LogP contribution in [0.3, 0.4) is 0 Å². The Morgan fingerprint density at radius 1 is 1.10 bits per heavy atom. The molecule has 0 saturated carbocycles. The van der Waals surface area contributed by atoms with E-state index in [1.165, 1.54) is 17.7 Å². The van der Waals surface area contributed by atoms with Crippen LogP contribution >= 0.6 is 0 Å².